The van der Waals surface area contributed by atoms with Gasteiger partial charge < -0.3 is 25.3 Å². The largest absolute Gasteiger partial charge is 0.426 e. The first kappa shape index (κ1) is 24.0. The lowest BCUT2D eigenvalue weighted by Crippen LogP contribution is -2.42. The fraction of sp³-hybridized carbons (Fsp3) is 0.611. The second-order valence-electron chi connectivity index (χ2n) is 7.49. The van der Waals surface area contributed by atoms with E-state index in [4.69, 9.17) is 14.9 Å². The number of fused-ring (bicyclic) bond motifs is 5. The average molecular weight is 469 g/mol. The lowest BCUT2D eigenvalue weighted by Gasteiger charge is -2.27. The Hall–Kier alpha value is -2.61. The van der Waals surface area contributed by atoms with Gasteiger partial charge in [0.25, 0.3) is 11.8 Å². The Morgan fingerprint density at radius 1 is 1.22 bits per heavy atom. The van der Waals surface area contributed by atoms with E-state index in [0.29, 0.717) is 12.5 Å². The number of hydrogen-bond donors (Lipinski definition) is 3. The SMILES string of the molecule is COCC1CCCCC[C@](O)(C(F)(F)F)c2nnc(o2)-c2nc(c(C(F)(F)F)cc2N)N1. The van der Waals surface area contributed by atoms with E-state index in [2.05, 4.69) is 20.5 Å². The molecule has 0 aliphatic carbocycles. The Balaban J connectivity index is 2.17. The summed E-state index contributed by atoms with van der Waals surface area (Å²) >= 11 is 0. The second-order valence-corrected chi connectivity index (χ2v) is 7.49. The van der Waals surface area contributed by atoms with Gasteiger partial charge in [0.2, 0.25) is 5.60 Å². The van der Waals surface area contributed by atoms with Crippen molar-refractivity contribution in [2.24, 2.45) is 0 Å². The normalized spacial score (nSPS) is 22.8. The Morgan fingerprint density at radius 3 is 2.56 bits per heavy atom. The van der Waals surface area contributed by atoms with Crippen molar-refractivity contribution in [3.63, 3.8) is 0 Å². The minimum Gasteiger partial charge on any atom is -0.416 e. The predicted molar refractivity (Wildman–Crippen MR) is 99.3 cm³/mol. The summed E-state index contributed by atoms with van der Waals surface area (Å²) in [5, 5.41) is 19.8. The Morgan fingerprint density at radius 2 is 1.94 bits per heavy atom. The Labute approximate surface area is 178 Å². The maximum Gasteiger partial charge on any atom is 0.426 e. The number of nitrogen functional groups attached to an aromatic ring is 1. The standard InChI is InChI=1S/C18H21F6N5O3/c1-31-8-9-5-3-2-4-6-16(30,18(22,23)24)15-29-28-14(32-15)12-11(25)7-10(17(19,20)21)13(26-9)27-12/h7,9,30H,2-6,8,25H2,1H3,(H,26,27)/t9?,16-/m1/s1. The number of nitrogens with one attached hydrogen (secondary N) is 1. The first-order valence-corrected chi connectivity index (χ1v) is 9.63. The van der Waals surface area contributed by atoms with Gasteiger partial charge in [0, 0.05) is 7.11 Å². The maximum absolute atomic E-state index is 13.6. The molecule has 0 aromatic carbocycles. The van der Waals surface area contributed by atoms with Crippen LogP contribution in [0.1, 0.15) is 43.6 Å². The molecule has 0 amide bonds. The van der Waals surface area contributed by atoms with Crippen molar-refractivity contribution in [1.29, 1.82) is 0 Å². The van der Waals surface area contributed by atoms with E-state index in [0.717, 1.165) is 0 Å². The number of ether oxygens (including phenoxy) is 1. The van der Waals surface area contributed by atoms with Crippen LogP contribution in [0.15, 0.2) is 10.5 Å². The Bertz CT molecular complexity index is 948. The first-order chi connectivity index (χ1) is 14.9. The first-order valence-electron chi connectivity index (χ1n) is 9.63. The van der Waals surface area contributed by atoms with Gasteiger partial charge in [-0.05, 0) is 25.3 Å². The van der Waals surface area contributed by atoms with Crippen molar-refractivity contribution in [3.05, 3.63) is 17.5 Å². The number of halogens is 6. The number of pyridine rings is 1. The van der Waals surface area contributed by atoms with E-state index in [1.165, 1.54) is 7.11 Å². The van der Waals surface area contributed by atoms with Crippen LogP contribution in [-0.2, 0) is 16.5 Å². The molecule has 2 atom stereocenters. The molecule has 0 spiro atoms. The molecule has 4 N–H and O–H groups in total. The van der Waals surface area contributed by atoms with Crippen molar-refractivity contribution in [2.75, 3.05) is 24.8 Å². The average Bonchev–Trinajstić information content (AvgIpc) is 3.16. The summed E-state index contributed by atoms with van der Waals surface area (Å²) in [5.74, 6) is -2.39. The quantitative estimate of drug-likeness (QED) is 0.567. The van der Waals surface area contributed by atoms with Crippen LogP contribution in [0.2, 0.25) is 0 Å². The highest BCUT2D eigenvalue weighted by molar-refractivity contribution is 5.71. The molecule has 0 fully saturated rings. The van der Waals surface area contributed by atoms with Gasteiger partial charge in [-0.3, -0.25) is 0 Å². The summed E-state index contributed by atoms with van der Waals surface area (Å²) in [6, 6.07) is -0.0343. The molecule has 2 aromatic rings. The minimum absolute atomic E-state index is 0.0237. The number of methoxy groups -OCH3 is 1. The molecule has 1 aliphatic heterocycles. The molecule has 8 nitrogen and oxygen atoms in total. The number of aromatic nitrogens is 3. The fourth-order valence-corrected chi connectivity index (χ4v) is 3.42. The van der Waals surface area contributed by atoms with E-state index in [9.17, 15) is 31.4 Å². The molecule has 1 unspecified atom stereocenters. The van der Waals surface area contributed by atoms with Crippen molar-refractivity contribution in [1.82, 2.24) is 15.2 Å². The smallest absolute Gasteiger partial charge is 0.416 e. The van der Waals surface area contributed by atoms with Crippen LogP contribution in [-0.4, -0.2) is 46.2 Å². The zero-order valence-corrected chi connectivity index (χ0v) is 16.8. The van der Waals surface area contributed by atoms with E-state index >= 15 is 0 Å². The molecule has 0 radical (unpaired) electrons. The van der Waals surface area contributed by atoms with Gasteiger partial charge in [-0.2, -0.15) is 26.3 Å². The molecule has 4 bridgehead atoms. The lowest BCUT2D eigenvalue weighted by molar-refractivity contribution is -0.277. The fourth-order valence-electron chi connectivity index (χ4n) is 3.42. The number of aliphatic hydroxyl groups is 1. The molecule has 0 saturated heterocycles. The van der Waals surface area contributed by atoms with Crippen molar-refractivity contribution in [2.45, 2.75) is 56.1 Å². The second kappa shape index (κ2) is 8.73. The zero-order chi connectivity index (χ0) is 23.7. The van der Waals surface area contributed by atoms with Gasteiger partial charge in [-0.15, -0.1) is 10.2 Å². The van der Waals surface area contributed by atoms with Crippen LogP contribution in [0.3, 0.4) is 0 Å². The van der Waals surface area contributed by atoms with Crippen molar-refractivity contribution >= 4 is 11.5 Å². The highest BCUT2D eigenvalue weighted by Gasteiger charge is 2.58. The molecule has 3 heterocycles. The van der Waals surface area contributed by atoms with E-state index < -0.39 is 65.0 Å². The summed E-state index contributed by atoms with van der Waals surface area (Å²) in [6.07, 6.45) is -9.83. The summed E-state index contributed by atoms with van der Waals surface area (Å²) in [7, 11) is 1.36. The van der Waals surface area contributed by atoms with Gasteiger partial charge in [0.05, 0.1) is 23.9 Å². The lowest BCUT2D eigenvalue weighted by atomic mass is 9.94. The van der Waals surface area contributed by atoms with Gasteiger partial charge >= 0.3 is 12.4 Å². The third kappa shape index (κ3) is 4.75. The third-order valence-electron chi connectivity index (χ3n) is 5.11. The van der Waals surface area contributed by atoms with Crippen molar-refractivity contribution in [3.8, 4) is 11.6 Å². The number of nitrogens with two attached hydrogens (primary N) is 1. The molecule has 14 heteroatoms. The molecule has 3 rings (SSSR count). The molecule has 1 aliphatic rings. The van der Waals surface area contributed by atoms with Gasteiger partial charge in [0.15, 0.2) is 5.69 Å². The van der Waals surface area contributed by atoms with Gasteiger partial charge in [-0.1, -0.05) is 12.8 Å². The topological polar surface area (TPSA) is 119 Å². The van der Waals surface area contributed by atoms with Crippen LogP contribution in [0.5, 0.6) is 0 Å². The summed E-state index contributed by atoms with van der Waals surface area (Å²) in [6.45, 7) is 0.0237. The Kier molecular flexibility index (Phi) is 6.56. The van der Waals surface area contributed by atoms with Gasteiger partial charge in [0.1, 0.15) is 5.82 Å². The molecule has 32 heavy (non-hydrogen) atoms. The zero-order valence-electron chi connectivity index (χ0n) is 16.8. The summed E-state index contributed by atoms with van der Waals surface area (Å²) in [4.78, 5) is 3.84. The third-order valence-corrected chi connectivity index (χ3v) is 5.11. The monoisotopic (exact) mass is 469 g/mol. The number of hydrogen-bond acceptors (Lipinski definition) is 8. The number of alkyl halides is 6. The summed E-state index contributed by atoms with van der Waals surface area (Å²) < 4.78 is 91.7. The molecular weight excluding hydrogens is 448 g/mol. The van der Waals surface area contributed by atoms with Crippen LogP contribution in [0.4, 0.5) is 37.8 Å². The number of nitrogens with zero attached hydrogens (tertiary/aromatic N) is 3. The summed E-state index contributed by atoms with van der Waals surface area (Å²) in [5.41, 5.74) is 0.114. The van der Waals surface area contributed by atoms with E-state index in [1.807, 2.05) is 0 Å². The van der Waals surface area contributed by atoms with E-state index in [1.54, 1.807) is 0 Å². The van der Waals surface area contributed by atoms with Gasteiger partial charge in [-0.25, -0.2) is 4.98 Å². The predicted octanol–water partition coefficient (Wildman–Crippen LogP) is 3.87. The highest BCUT2D eigenvalue weighted by atomic mass is 19.4. The highest BCUT2D eigenvalue weighted by Crippen LogP contribution is 2.44. The maximum atomic E-state index is 13.6. The minimum atomic E-state index is -5.13. The molecule has 178 valence electrons. The molecular formula is C18H21F6N5O3. The van der Waals surface area contributed by atoms with Crippen LogP contribution < -0.4 is 11.1 Å². The van der Waals surface area contributed by atoms with Crippen molar-refractivity contribution < 1.29 is 40.6 Å². The number of anilines is 2. The molecule has 2 aromatic heterocycles. The van der Waals surface area contributed by atoms with Crippen LogP contribution in [0, 0.1) is 0 Å². The van der Waals surface area contributed by atoms with Crippen LogP contribution in [0.25, 0.3) is 11.6 Å². The van der Waals surface area contributed by atoms with Crippen LogP contribution >= 0.6 is 0 Å². The van der Waals surface area contributed by atoms with E-state index in [-0.39, 0.29) is 25.9 Å². The number of rotatable bonds is 2. The molecule has 0 saturated carbocycles.